The fraction of sp³-hybridized carbons (Fsp3) is 0.190. The number of carbonyl (C=O) groups is 1. The Hall–Kier alpha value is -3.80. The number of benzene rings is 1. The van der Waals surface area contributed by atoms with E-state index in [0.717, 1.165) is 12.3 Å². The number of rotatable bonds is 7. The van der Waals surface area contributed by atoms with Gasteiger partial charge in [0.1, 0.15) is 29.0 Å². The van der Waals surface area contributed by atoms with E-state index in [-0.39, 0.29) is 34.6 Å². The van der Waals surface area contributed by atoms with Gasteiger partial charge < -0.3 is 19.9 Å². The minimum atomic E-state index is -3.05. The maximum atomic E-state index is 14.5. The van der Waals surface area contributed by atoms with E-state index in [9.17, 15) is 17.8 Å². The van der Waals surface area contributed by atoms with Crippen LogP contribution >= 0.6 is 0 Å². The van der Waals surface area contributed by atoms with Crippen LogP contribution in [0.5, 0.6) is 11.6 Å². The Bertz CT molecular complexity index is 1330. The number of methoxy groups -OCH3 is 2. The van der Waals surface area contributed by atoms with Crippen molar-refractivity contribution in [1.82, 2.24) is 9.97 Å². The zero-order valence-corrected chi connectivity index (χ0v) is 18.7. The number of amides is 1. The van der Waals surface area contributed by atoms with Crippen LogP contribution in [0.25, 0.3) is 11.1 Å². The van der Waals surface area contributed by atoms with E-state index in [2.05, 4.69) is 19.6 Å². The third-order valence-corrected chi connectivity index (χ3v) is 5.75. The third kappa shape index (κ3) is 6.13. The first-order valence-electron chi connectivity index (χ1n) is 9.34. The Kier molecular flexibility index (Phi) is 7.07. The van der Waals surface area contributed by atoms with Gasteiger partial charge in [-0.1, -0.05) is 0 Å². The smallest absolute Gasteiger partial charge is 0.439 e. The minimum Gasteiger partial charge on any atom is -0.496 e. The van der Waals surface area contributed by atoms with E-state index < -0.39 is 27.5 Å². The summed E-state index contributed by atoms with van der Waals surface area (Å²) < 4.78 is 54.0. The summed E-state index contributed by atoms with van der Waals surface area (Å²) in [6.45, 7) is 0. The molecule has 174 valence electrons. The first kappa shape index (κ1) is 23.9. The largest absolute Gasteiger partial charge is 0.496 e. The third-order valence-electron chi connectivity index (χ3n) is 4.34. The number of halogens is 2. The van der Waals surface area contributed by atoms with Crippen LogP contribution in [0.2, 0.25) is 0 Å². The van der Waals surface area contributed by atoms with Crippen molar-refractivity contribution in [2.75, 3.05) is 25.8 Å². The van der Waals surface area contributed by atoms with Crippen molar-refractivity contribution in [3.8, 4) is 22.8 Å². The van der Waals surface area contributed by atoms with E-state index >= 15 is 0 Å². The summed E-state index contributed by atoms with van der Waals surface area (Å²) >= 11 is 0. The molecule has 33 heavy (non-hydrogen) atoms. The Morgan fingerprint density at radius 1 is 1.12 bits per heavy atom. The number of nitrogens with one attached hydrogen (secondary N) is 1. The van der Waals surface area contributed by atoms with Crippen molar-refractivity contribution >= 4 is 27.5 Å². The summed E-state index contributed by atoms with van der Waals surface area (Å²) in [6, 6.07) is 8.13. The number of ether oxygens (including phenoxy) is 2. The highest BCUT2D eigenvalue weighted by Gasteiger charge is 2.15. The number of aromatic nitrogens is 2. The molecule has 3 rings (SSSR count). The maximum absolute atomic E-state index is 14.5. The van der Waals surface area contributed by atoms with Gasteiger partial charge in [-0.2, -0.15) is 4.98 Å². The summed E-state index contributed by atoms with van der Waals surface area (Å²) in [7, 11) is -0.321. The SMILES string of the molecule is COc1cc(CS(C)(=O)=NC(=O)O)cc(Nc2cc(-c3ccc(F)cc3OC)c(F)cn2)n1. The molecule has 0 saturated carbocycles. The normalized spacial score (nSPS) is 12.5. The Balaban J connectivity index is 1.98. The van der Waals surface area contributed by atoms with Gasteiger partial charge in [0.05, 0.1) is 35.9 Å². The van der Waals surface area contributed by atoms with E-state index in [1.165, 1.54) is 50.8 Å². The number of hydrogen-bond donors (Lipinski definition) is 2. The molecule has 12 heteroatoms. The molecule has 2 N–H and O–H groups in total. The zero-order valence-electron chi connectivity index (χ0n) is 17.8. The molecule has 9 nitrogen and oxygen atoms in total. The molecule has 1 unspecified atom stereocenters. The second-order valence-corrected chi connectivity index (χ2v) is 9.29. The Labute approximate surface area is 188 Å². The van der Waals surface area contributed by atoms with E-state index in [4.69, 9.17) is 14.6 Å². The van der Waals surface area contributed by atoms with Crippen LogP contribution in [0.3, 0.4) is 0 Å². The van der Waals surface area contributed by atoms with Crippen molar-refractivity contribution < 1.29 is 32.4 Å². The van der Waals surface area contributed by atoms with Crippen LogP contribution in [0.15, 0.2) is 47.0 Å². The molecule has 0 radical (unpaired) electrons. The highest BCUT2D eigenvalue weighted by atomic mass is 32.2. The predicted octanol–water partition coefficient (Wildman–Crippen LogP) is 4.46. The lowest BCUT2D eigenvalue weighted by Crippen LogP contribution is -2.06. The van der Waals surface area contributed by atoms with Gasteiger partial charge in [-0.15, -0.1) is 4.36 Å². The van der Waals surface area contributed by atoms with E-state index in [0.29, 0.717) is 11.1 Å². The monoisotopic (exact) mass is 478 g/mol. The molecular formula is C21H20F2N4O5S. The average Bonchev–Trinajstić information content (AvgIpc) is 2.73. The van der Waals surface area contributed by atoms with Gasteiger partial charge in [0, 0.05) is 29.5 Å². The molecule has 0 aliphatic carbocycles. The Morgan fingerprint density at radius 2 is 1.88 bits per heavy atom. The van der Waals surface area contributed by atoms with Crippen molar-refractivity contribution in [2.45, 2.75) is 5.75 Å². The summed E-state index contributed by atoms with van der Waals surface area (Å²) in [5.74, 6) is -0.593. The van der Waals surface area contributed by atoms with Crippen LogP contribution in [-0.2, 0) is 15.5 Å². The standard InChI is InChI=1S/C21H20F2N4O5S/c1-31-17-8-13(22)4-5-14(17)15-9-18(24-10-16(15)23)25-19-6-12(7-20(26-19)32-2)11-33(3,30)27-21(28)29/h4-10H,11H2,1-3H3,(H,28,29)(H,24,25,26). The topological polar surface area (TPSA) is 123 Å². The molecule has 1 amide bonds. The first-order valence-corrected chi connectivity index (χ1v) is 11.4. The summed E-state index contributed by atoms with van der Waals surface area (Å²) in [5, 5.41) is 11.7. The molecule has 1 aromatic carbocycles. The van der Waals surface area contributed by atoms with E-state index in [1.807, 2.05) is 0 Å². The molecule has 2 heterocycles. The molecule has 0 spiro atoms. The highest BCUT2D eigenvalue weighted by molar-refractivity contribution is 7.92. The van der Waals surface area contributed by atoms with Gasteiger partial charge in [-0.25, -0.2) is 22.8 Å². The molecule has 0 aliphatic rings. The molecule has 2 aromatic heterocycles. The van der Waals surface area contributed by atoms with Gasteiger partial charge in [0.15, 0.2) is 0 Å². The fourth-order valence-electron chi connectivity index (χ4n) is 3.05. The first-order chi connectivity index (χ1) is 15.6. The number of nitrogens with zero attached hydrogens (tertiary/aromatic N) is 3. The van der Waals surface area contributed by atoms with Gasteiger partial charge in [0.25, 0.3) is 0 Å². The molecule has 0 aliphatic heterocycles. The second-order valence-electron chi connectivity index (χ2n) is 6.90. The Morgan fingerprint density at radius 3 is 2.55 bits per heavy atom. The van der Waals surface area contributed by atoms with Crippen molar-refractivity contribution in [1.29, 1.82) is 0 Å². The van der Waals surface area contributed by atoms with Crippen LogP contribution in [0.1, 0.15) is 5.56 Å². The average molecular weight is 478 g/mol. The lowest BCUT2D eigenvalue weighted by atomic mass is 10.0. The van der Waals surface area contributed by atoms with Crippen LogP contribution in [0, 0.1) is 11.6 Å². The predicted molar refractivity (Wildman–Crippen MR) is 118 cm³/mol. The molecule has 0 saturated heterocycles. The maximum Gasteiger partial charge on any atom is 0.439 e. The van der Waals surface area contributed by atoms with Gasteiger partial charge in [-0.05, 0) is 29.8 Å². The van der Waals surface area contributed by atoms with Gasteiger partial charge in [0.2, 0.25) is 5.88 Å². The van der Waals surface area contributed by atoms with Crippen LogP contribution in [-0.4, -0.2) is 45.9 Å². The molecule has 3 aromatic rings. The van der Waals surface area contributed by atoms with Gasteiger partial charge >= 0.3 is 6.09 Å². The van der Waals surface area contributed by atoms with Crippen LogP contribution < -0.4 is 14.8 Å². The van der Waals surface area contributed by atoms with E-state index in [1.54, 1.807) is 0 Å². The lowest BCUT2D eigenvalue weighted by Gasteiger charge is -2.13. The van der Waals surface area contributed by atoms with Crippen molar-refractivity contribution in [3.05, 3.63) is 59.8 Å². The molecular weight excluding hydrogens is 458 g/mol. The summed E-state index contributed by atoms with van der Waals surface area (Å²) in [5.41, 5.74) is 0.885. The number of carboxylic acid groups (broad SMARTS) is 1. The summed E-state index contributed by atoms with van der Waals surface area (Å²) in [4.78, 5) is 19.0. The fourth-order valence-corrected chi connectivity index (χ4v) is 4.23. The van der Waals surface area contributed by atoms with Gasteiger partial charge in [-0.3, -0.25) is 0 Å². The summed E-state index contributed by atoms with van der Waals surface area (Å²) in [6.07, 6.45) is 0.693. The molecule has 0 bridgehead atoms. The molecule has 1 atom stereocenters. The lowest BCUT2D eigenvalue weighted by molar-refractivity contribution is 0.206. The number of hydrogen-bond acceptors (Lipinski definition) is 7. The number of anilines is 2. The number of pyridine rings is 2. The van der Waals surface area contributed by atoms with Crippen LogP contribution in [0.4, 0.5) is 25.2 Å². The molecule has 0 fully saturated rings. The van der Waals surface area contributed by atoms with Crippen molar-refractivity contribution in [3.63, 3.8) is 0 Å². The zero-order chi connectivity index (χ0) is 24.2. The quantitative estimate of drug-likeness (QED) is 0.510. The minimum absolute atomic E-state index is 0.115. The van der Waals surface area contributed by atoms with Crippen molar-refractivity contribution in [2.24, 2.45) is 4.36 Å². The second kappa shape index (κ2) is 9.77. The highest BCUT2D eigenvalue weighted by Crippen LogP contribution is 2.34.